The SMILES string of the molecule is C[C@H]1c2cccn2-c2ccccc2CN1C(=O)NC1CCCC1. The zero-order valence-corrected chi connectivity index (χ0v) is 13.5. The van der Waals surface area contributed by atoms with Crippen LogP contribution in [0.4, 0.5) is 4.79 Å². The molecule has 1 saturated carbocycles. The third kappa shape index (κ3) is 2.52. The van der Waals surface area contributed by atoms with Gasteiger partial charge in [0, 0.05) is 17.9 Å². The number of nitrogens with zero attached hydrogens (tertiary/aromatic N) is 2. The van der Waals surface area contributed by atoms with E-state index in [4.69, 9.17) is 0 Å². The molecule has 2 aromatic rings. The fourth-order valence-corrected chi connectivity index (χ4v) is 3.89. The predicted molar refractivity (Wildman–Crippen MR) is 90.5 cm³/mol. The summed E-state index contributed by atoms with van der Waals surface area (Å²) >= 11 is 0. The lowest BCUT2D eigenvalue weighted by molar-refractivity contribution is 0.171. The van der Waals surface area contributed by atoms with Crippen molar-refractivity contribution >= 4 is 6.03 Å². The van der Waals surface area contributed by atoms with Gasteiger partial charge in [-0.05, 0) is 43.5 Å². The maximum absolute atomic E-state index is 12.9. The van der Waals surface area contributed by atoms with Crippen molar-refractivity contribution in [3.63, 3.8) is 0 Å². The van der Waals surface area contributed by atoms with Crippen LogP contribution in [0.25, 0.3) is 5.69 Å². The molecule has 0 unspecified atom stereocenters. The third-order valence-corrected chi connectivity index (χ3v) is 5.21. The molecule has 1 aromatic carbocycles. The molecule has 0 saturated heterocycles. The highest BCUT2D eigenvalue weighted by atomic mass is 16.2. The van der Waals surface area contributed by atoms with E-state index in [0.29, 0.717) is 12.6 Å². The molecule has 23 heavy (non-hydrogen) atoms. The number of nitrogens with one attached hydrogen (secondary N) is 1. The molecule has 4 heteroatoms. The molecule has 4 rings (SSSR count). The molecular weight excluding hydrogens is 286 g/mol. The van der Waals surface area contributed by atoms with Crippen LogP contribution in [0.15, 0.2) is 42.6 Å². The van der Waals surface area contributed by atoms with Crippen molar-refractivity contribution in [3.8, 4) is 5.69 Å². The molecule has 2 heterocycles. The molecule has 2 amide bonds. The van der Waals surface area contributed by atoms with Gasteiger partial charge in [-0.1, -0.05) is 31.0 Å². The molecule has 1 atom stereocenters. The summed E-state index contributed by atoms with van der Waals surface area (Å²) in [6.07, 6.45) is 6.77. The second-order valence-corrected chi connectivity index (χ2v) is 6.67. The Morgan fingerprint density at radius 3 is 2.74 bits per heavy atom. The van der Waals surface area contributed by atoms with Gasteiger partial charge in [0.25, 0.3) is 0 Å². The van der Waals surface area contributed by atoms with Gasteiger partial charge in [0.1, 0.15) is 0 Å². The number of para-hydroxylation sites is 1. The van der Waals surface area contributed by atoms with Crippen LogP contribution in [0.5, 0.6) is 0 Å². The minimum absolute atomic E-state index is 0.0544. The van der Waals surface area contributed by atoms with E-state index in [9.17, 15) is 4.79 Å². The number of benzene rings is 1. The van der Waals surface area contributed by atoms with Gasteiger partial charge in [-0.15, -0.1) is 0 Å². The lowest BCUT2D eigenvalue weighted by atomic mass is 10.1. The topological polar surface area (TPSA) is 37.3 Å². The zero-order chi connectivity index (χ0) is 15.8. The van der Waals surface area contributed by atoms with E-state index in [0.717, 1.165) is 18.5 Å². The van der Waals surface area contributed by atoms with Crippen molar-refractivity contribution in [3.05, 3.63) is 53.9 Å². The van der Waals surface area contributed by atoms with Crippen LogP contribution in [-0.4, -0.2) is 21.5 Å². The molecule has 0 radical (unpaired) electrons. The van der Waals surface area contributed by atoms with Crippen LogP contribution in [0, 0.1) is 0 Å². The summed E-state index contributed by atoms with van der Waals surface area (Å²) in [5, 5.41) is 3.24. The second-order valence-electron chi connectivity index (χ2n) is 6.67. The monoisotopic (exact) mass is 309 g/mol. The number of aromatic nitrogens is 1. The number of fused-ring (bicyclic) bond motifs is 3. The second kappa shape index (κ2) is 5.76. The number of urea groups is 1. The van der Waals surface area contributed by atoms with E-state index < -0.39 is 0 Å². The fraction of sp³-hybridized carbons (Fsp3) is 0.421. The van der Waals surface area contributed by atoms with Gasteiger partial charge in [-0.25, -0.2) is 4.79 Å². The number of hydrogen-bond donors (Lipinski definition) is 1. The molecule has 1 aliphatic heterocycles. The molecule has 0 spiro atoms. The summed E-state index contributed by atoms with van der Waals surface area (Å²) in [5.74, 6) is 0. The summed E-state index contributed by atoms with van der Waals surface area (Å²) < 4.78 is 2.21. The Hall–Kier alpha value is -2.23. The van der Waals surface area contributed by atoms with Crippen LogP contribution < -0.4 is 5.32 Å². The average molecular weight is 309 g/mol. The third-order valence-electron chi connectivity index (χ3n) is 5.21. The van der Waals surface area contributed by atoms with Crippen LogP contribution >= 0.6 is 0 Å². The van der Waals surface area contributed by atoms with Gasteiger partial charge < -0.3 is 14.8 Å². The van der Waals surface area contributed by atoms with Crippen molar-refractivity contribution in [1.82, 2.24) is 14.8 Å². The minimum atomic E-state index is 0.0544. The van der Waals surface area contributed by atoms with Crippen molar-refractivity contribution < 1.29 is 4.79 Å². The standard InChI is InChI=1S/C19H23N3O/c1-14-17-11-6-12-21(17)18-10-5-2-7-15(18)13-22(14)19(23)20-16-8-3-4-9-16/h2,5-7,10-12,14,16H,3-4,8-9,13H2,1H3,(H,20,23)/t14-/m0/s1. The largest absolute Gasteiger partial charge is 0.335 e. The first kappa shape index (κ1) is 14.4. The quantitative estimate of drug-likeness (QED) is 0.849. The molecule has 0 bridgehead atoms. The summed E-state index contributed by atoms with van der Waals surface area (Å²) in [6.45, 7) is 2.77. The Balaban J connectivity index is 1.68. The maximum atomic E-state index is 12.9. The van der Waals surface area contributed by atoms with E-state index in [1.165, 1.54) is 24.1 Å². The average Bonchev–Trinajstić information content (AvgIpc) is 3.21. The van der Waals surface area contributed by atoms with Crippen LogP contribution in [0.3, 0.4) is 0 Å². The van der Waals surface area contributed by atoms with E-state index in [-0.39, 0.29) is 12.1 Å². The lowest BCUT2D eigenvalue weighted by Gasteiger charge is -2.29. The first-order valence-corrected chi connectivity index (χ1v) is 8.57. The molecule has 2 aliphatic rings. The minimum Gasteiger partial charge on any atom is -0.335 e. The number of hydrogen-bond acceptors (Lipinski definition) is 1. The van der Waals surface area contributed by atoms with Crippen LogP contribution in [0.2, 0.25) is 0 Å². The van der Waals surface area contributed by atoms with Gasteiger partial charge >= 0.3 is 6.03 Å². The Labute approximate surface area is 137 Å². The Bertz CT molecular complexity index is 715. The van der Waals surface area contributed by atoms with Gasteiger partial charge in [0.2, 0.25) is 0 Å². The highest BCUT2D eigenvalue weighted by Crippen LogP contribution is 2.32. The summed E-state index contributed by atoms with van der Waals surface area (Å²) in [6, 6.07) is 13.0. The Morgan fingerprint density at radius 2 is 1.91 bits per heavy atom. The first-order chi connectivity index (χ1) is 11.2. The summed E-state index contributed by atoms with van der Waals surface area (Å²) in [7, 11) is 0. The Kier molecular flexibility index (Phi) is 3.60. The molecule has 1 N–H and O–H groups in total. The molecule has 120 valence electrons. The van der Waals surface area contributed by atoms with Gasteiger partial charge in [0.05, 0.1) is 18.3 Å². The van der Waals surface area contributed by atoms with Crippen molar-refractivity contribution in [1.29, 1.82) is 0 Å². The van der Waals surface area contributed by atoms with E-state index in [1.807, 2.05) is 11.0 Å². The fourth-order valence-electron chi connectivity index (χ4n) is 3.89. The molecule has 1 fully saturated rings. The number of rotatable bonds is 1. The van der Waals surface area contributed by atoms with E-state index in [2.05, 4.69) is 53.3 Å². The van der Waals surface area contributed by atoms with E-state index >= 15 is 0 Å². The number of carbonyl (C=O) groups is 1. The highest BCUT2D eigenvalue weighted by molar-refractivity contribution is 5.75. The van der Waals surface area contributed by atoms with Crippen molar-refractivity contribution in [2.45, 2.75) is 51.2 Å². The van der Waals surface area contributed by atoms with Gasteiger partial charge in [0.15, 0.2) is 0 Å². The smallest absolute Gasteiger partial charge is 0.318 e. The summed E-state index contributed by atoms with van der Waals surface area (Å²) in [4.78, 5) is 14.8. The summed E-state index contributed by atoms with van der Waals surface area (Å²) in [5.41, 5.74) is 3.53. The van der Waals surface area contributed by atoms with Crippen molar-refractivity contribution in [2.75, 3.05) is 0 Å². The number of amides is 2. The lowest BCUT2D eigenvalue weighted by Crippen LogP contribution is -2.44. The van der Waals surface area contributed by atoms with Crippen LogP contribution in [-0.2, 0) is 6.54 Å². The Morgan fingerprint density at radius 1 is 1.13 bits per heavy atom. The predicted octanol–water partition coefficient (Wildman–Crippen LogP) is 4.01. The van der Waals surface area contributed by atoms with Gasteiger partial charge in [-0.2, -0.15) is 0 Å². The zero-order valence-electron chi connectivity index (χ0n) is 13.5. The highest BCUT2D eigenvalue weighted by Gasteiger charge is 2.30. The molecule has 1 aliphatic carbocycles. The van der Waals surface area contributed by atoms with Crippen LogP contribution in [0.1, 0.15) is 49.9 Å². The first-order valence-electron chi connectivity index (χ1n) is 8.57. The molecule has 4 nitrogen and oxygen atoms in total. The maximum Gasteiger partial charge on any atom is 0.318 e. The number of carbonyl (C=O) groups excluding carboxylic acids is 1. The molecular formula is C19H23N3O. The van der Waals surface area contributed by atoms with Gasteiger partial charge in [-0.3, -0.25) is 0 Å². The van der Waals surface area contributed by atoms with E-state index in [1.54, 1.807) is 0 Å². The normalized spacial score (nSPS) is 20.7. The molecule has 1 aromatic heterocycles. The van der Waals surface area contributed by atoms with Crippen molar-refractivity contribution in [2.24, 2.45) is 0 Å².